The van der Waals surface area contributed by atoms with Crippen LogP contribution in [0.3, 0.4) is 0 Å². The van der Waals surface area contributed by atoms with Gasteiger partial charge in [-0.3, -0.25) is 4.90 Å². The second-order valence-corrected chi connectivity index (χ2v) is 7.84. The Balaban J connectivity index is 1.95. The summed E-state index contributed by atoms with van der Waals surface area (Å²) in [5.74, 6) is 6.06. The normalized spacial score (nSPS) is 19.4. The molecule has 0 aromatic carbocycles. The molecule has 0 radical (unpaired) electrons. The molecule has 6 heteroatoms. The van der Waals surface area contributed by atoms with Gasteiger partial charge in [0.1, 0.15) is 6.61 Å². The number of thiophene rings is 1. The van der Waals surface area contributed by atoms with Crippen LogP contribution in [-0.2, 0) is 16.4 Å². The van der Waals surface area contributed by atoms with Gasteiger partial charge in [0, 0.05) is 28.9 Å². The molecule has 104 valence electrons. The summed E-state index contributed by atoms with van der Waals surface area (Å²) in [6.45, 7) is 2.09. The van der Waals surface area contributed by atoms with Gasteiger partial charge in [0.25, 0.3) is 0 Å². The highest BCUT2D eigenvalue weighted by Crippen LogP contribution is 2.17. The van der Waals surface area contributed by atoms with Crippen LogP contribution < -0.4 is 0 Å². The van der Waals surface area contributed by atoms with Gasteiger partial charge in [-0.05, 0) is 19.0 Å². The molecule has 1 saturated heterocycles. The lowest BCUT2D eigenvalue weighted by atomic mass is 10.3. The van der Waals surface area contributed by atoms with Crippen molar-refractivity contribution in [3.05, 3.63) is 21.9 Å². The molecule has 0 spiro atoms. The minimum atomic E-state index is -2.84. The summed E-state index contributed by atoms with van der Waals surface area (Å²) >= 11 is 1.63. The third-order valence-electron chi connectivity index (χ3n) is 2.99. The minimum Gasteiger partial charge on any atom is -0.384 e. The van der Waals surface area contributed by atoms with Crippen LogP contribution in [0.1, 0.15) is 16.9 Å². The maximum Gasteiger partial charge on any atom is 0.151 e. The number of hydrogen-bond acceptors (Lipinski definition) is 5. The molecule has 0 unspecified atom stereocenters. The molecule has 0 saturated carbocycles. The third-order valence-corrected chi connectivity index (χ3v) is 5.63. The van der Waals surface area contributed by atoms with E-state index in [4.69, 9.17) is 5.11 Å². The Bertz CT molecular complexity index is 581. The largest absolute Gasteiger partial charge is 0.384 e. The van der Waals surface area contributed by atoms with E-state index >= 15 is 0 Å². The molecule has 0 aliphatic carbocycles. The van der Waals surface area contributed by atoms with Gasteiger partial charge in [0.15, 0.2) is 9.84 Å². The first kappa shape index (κ1) is 14.5. The quantitative estimate of drug-likeness (QED) is 0.817. The Kier molecular flexibility index (Phi) is 4.99. The van der Waals surface area contributed by atoms with E-state index in [9.17, 15) is 8.42 Å². The van der Waals surface area contributed by atoms with Crippen LogP contribution in [0, 0.1) is 11.8 Å². The first-order valence-electron chi connectivity index (χ1n) is 6.19. The van der Waals surface area contributed by atoms with Gasteiger partial charge in [-0.2, -0.15) is 0 Å². The fourth-order valence-electron chi connectivity index (χ4n) is 2.04. The van der Waals surface area contributed by atoms with Crippen LogP contribution in [0.25, 0.3) is 0 Å². The summed E-state index contributed by atoms with van der Waals surface area (Å²) in [6, 6.07) is 2.01. The molecule has 2 rings (SSSR count). The van der Waals surface area contributed by atoms with Crippen LogP contribution in [0.5, 0.6) is 0 Å². The summed E-state index contributed by atoms with van der Waals surface area (Å²) in [6.07, 6.45) is 0.713. The van der Waals surface area contributed by atoms with Gasteiger partial charge >= 0.3 is 0 Å². The fourth-order valence-corrected chi connectivity index (χ4v) is 4.21. The molecule has 4 nitrogen and oxygen atoms in total. The summed E-state index contributed by atoms with van der Waals surface area (Å²) in [5.41, 5.74) is 0.913. The highest BCUT2D eigenvalue weighted by Gasteiger charge is 2.19. The number of rotatable bonds is 2. The predicted octanol–water partition coefficient (Wildman–Crippen LogP) is 0.712. The van der Waals surface area contributed by atoms with Crippen molar-refractivity contribution in [3.63, 3.8) is 0 Å². The van der Waals surface area contributed by atoms with Gasteiger partial charge in [0.2, 0.25) is 0 Å². The fraction of sp³-hybridized carbons (Fsp3) is 0.538. The van der Waals surface area contributed by atoms with Crippen molar-refractivity contribution in [3.8, 4) is 11.8 Å². The van der Waals surface area contributed by atoms with E-state index in [1.807, 2.05) is 11.4 Å². The second kappa shape index (κ2) is 6.53. The lowest BCUT2D eigenvalue weighted by Crippen LogP contribution is -2.26. The Morgan fingerprint density at radius 2 is 2.21 bits per heavy atom. The van der Waals surface area contributed by atoms with Crippen molar-refractivity contribution < 1.29 is 13.5 Å². The molecule has 1 aromatic rings. The van der Waals surface area contributed by atoms with E-state index in [-0.39, 0.29) is 12.4 Å². The van der Waals surface area contributed by atoms with Crippen LogP contribution in [0.15, 0.2) is 11.4 Å². The first-order valence-corrected chi connectivity index (χ1v) is 8.89. The van der Waals surface area contributed by atoms with E-state index < -0.39 is 9.84 Å². The number of aliphatic hydroxyl groups is 1. The number of hydrogen-bond donors (Lipinski definition) is 1. The van der Waals surface area contributed by atoms with E-state index in [0.29, 0.717) is 18.7 Å². The Morgan fingerprint density at radius 1 is 1.37 bits per heavy atom. The van der Waals surface area contributed by atoms with Crippen molar-refractivity contribution in [2.45, 2.75) is 13.0 Å². The molecule has 0 bridgehead atoms. The average Bonchev–Trinajstić information content (AvgIpc) is 2.73. The molecule has 0 amide bonds. The molecule has 1 aliphatic heterocycles. The maximum atomic E-state index is 11.5. The molecule has 19 heavy (non-hydrogen) atoms. The zero-order valence-electron chi connectivity index (χ0n) is 10.6. The van der Waals surface area contributed by atoms with Crippen molar-refractivity contribution in [2.24, 2.45) is 0 Å². The average molecular weight is 299 g/mol. The van der Waals surface area contributed by atoms with Crippen LogP contribution >= 0.6 is 11.3 Å². The van der Waals surface area contributed by atoms with Crippen LogP contribution in [-0.4, -0.2) is 49.6 Å². The lowest BCUT2D eigenvalue weighted by Gasteiger charge is -2.17. The van der Waals surface area contributed by atoms with Crippen molar-refractivity contribution in [2.75, 3.05) is 31.2 Å². The standard InChI is InChI=1S/C13H17NO3S2/c15-6-1-3-12-9-13(18-11-12)10-14-4-2-7-19(16,17)8-5-14/h9,11,15H,2,4-8,10H2. The van der Waals surface area contributed by atoms with Crippen molar-refractivity contribution in [1.29, 1.82) is 0 Å². The molecule has 0 atom stereocenters. The SMILES string of the molecule is O=S1(=O)CCCN(Cc2cc(C#CCO)cs2)CC1. The summed E-state index contributed by atoms with van der Waals surface area (Å²) in [7, 11) is -2.84. The molecule has 1 aliphatic rings. The molecule has 2 heterocycles. The van der Waals surface area contributed by atoms with E-state index in [2.05, 4.69) is 16.7 Å². The highest BCUT2D eigenvalue weighted by atomic mass is 32.2. The van der Waals surface area contributed by atoms with E-state index in [1.54, 1.807) is 11.3 Å². The highest BCUT2D eigenvalue weighted by molar-refractivity contribution is 7.91. The summed E-state index contributed by atoms with van der Waals surface area (Å²) in [4.78, 5) is 3.36. The van der Waals surface area contributed by atoms with Crippen molar-refractivity contribution >= 4 is 21.2 Å². The van der Waals surface area contributed by atoms with Gasteiger partial charge in [0.05, 0.1) is 11.5 Å². The van der Waals surface area contributed by atoms with Gasteiger partial charge < -0.3 is 5.11 Å². The lowest BCUT2D eigenvalue weighted by molar-refractivity contribution is 0.290. The van der Waals surface area contributed by atoms with Gasteiger partial charge in [-0.25, -0.2) is 8.42 Å². The summed E-state index contributed by atoms with van der Waals surface area (Å²) < 4.78 is 23.0. The Labute approximate surface area is 118 Å². The molecular formula is C13H17NO3S2. The second-order valence-electron chi connectivity index (χ2n) is 4.54. The number of nitrogens with zero attached hydrogens (tertiary/aromatic N) is 1. The van der Waals surface area contributed by atoms with Gasteiger partial charge in [-0.15, -0.1) is 11.3 Å². The predicted molar refractivity (Wildman–Crippen MR) is 76.8 cm³/mol. The Hall–Kier alpha value is -0.870. The third kappa shape index (κ3) is 4.62. The van der Waals surface area contributed by atoms with Crippen LogP contribution in [0.2, 0.25) is 0 Å². The summed E-state index contributed by atoms with van der Waals surface area (Å²) in [5, 5.41) is 10.6. The van der Waals surface area contributed by atoms with E-state index in [1.165, 1.54) is 4.88 Å². The smallest absolute Gasteiger partial charge is 0.151 e. The minimum absolute atomic E-state index is 0.130. The number of aliphatic hydroxyl groups excluding tert-OH is 1. The monoisotopic (exact) mass is 299 g/mol. The Morgan fingerprint density at radius 3 is 3.00 bits per heavy atom. The van der Waals surface area contributed by atoms with Crippen molar-refractivity contribution in [1.82, 2.24) is 4.90 Å². The zero-order valence-corrected chi connectivity index (χ0v) is 12.3. The maximum absolute atomic E-state index is 11.5. The first-order chi connectivity index (χ1) is 9.09. The molecule has 1 fully saturated rings. The molecular weight excluding hydrogens is 282 g/mol. The number of sulfone groups is 1. The van der Waals surface area contributed by atoms with E-state index in [0.717, 1.165) is 18.7 Å². The molecule has 1 N–H and O–H groups in total. The zero-order chi connectivity index (χ0) is 13.7. The van der Waals surface area contributed by atoms with Gasteiger partial charge in [-0.1, -0.05) is 11.8 Å². The van der Waals surface area contributed by atoms with Crippen LogP contribution in [0.4, 0.5) is 0 Å². The topological polar surface area (TPSA) is 57.6 Å². The molecule has 1 aromatic heterocycles.